The molecule has 0 radical (unpaired) electrons. The quantitative estimate of drug-likeness (QED) is 0.839. The SMILES string of the molecule is COCC(O)CN(C)CC1Cc2cc(F)ccc2O1. The molecule has 4 nitrogen and oxygen atoms in total. The molecule has 2 rings (SSSR count). The van der Waals surface area contributed by atoms with Crippen LogP contribution in [0.2, 0.25) is 0 Å². The van der Waals surface area contributed by atoms with E-state index in [9.17, 15) is 9.50 Å². The van der Waals surface area contributed by atoms with Gasteiger partial charge in [-0.3, -0.25) is 0 Å². The van der Waals surface area contributed by atoms with E-state index in [0.29, 0.717) is 26.1 Å². The molecule has 1 aromatic carbocycles. The minimum atomic E-state index is -0.503. The van der Waals surface area contributed by atoms with Crippen molar-refractivity contribution in [3.8, 4) is 5.75 Å². The summed E-state index contributed by atoms with van der Waals surface area (Å²) in [6.07, 6.45) is 0.213. The molecular formula is C14H20FNO3. The van der Waals surface area contributed by atoms with Crippen LogP contribution in [-0.2, 0) is 11.2 Å². The van der Waals surface area contributed by atoms with Crippen molar-refractivity contribution in [2.24, 2.45) is 0 Å². The van der Waals surface area contributed by atoms with Gasteiger partial charge in [-0.25, -0.2) is 4.39 Å². The van der Waals surface area contributed by atoms with Crippen LogP contribution in [0.25, 0.3) is 0 Å². The third-order valence-electron chi connectivity index (χ3n) is 3.16. The fourth-order valence-corrected chi connectivity index (χ4v) is 2.42. The summed E-state index contributed by atoms with van der Waals surface area (Å²) in [7, 11) is 3.49. The summed E-state index contributed by atoms with van der Waals surface area (Å²) in [6, 6.07) is 4.60. The van der Waals surface area contributed by atoms with Crippen LogP contribution in [0.5, 0.6) is 5.75 Å². The number of aliphatic hydroxyl groups is 1. The Morgan fingerprint density at radius 1 is 1.58 bits per heavy atom. The molecule has 0 saturated carbocycles. The molecule has 0 amide bonds. The van der Waals surface area contributed by atoms with Crippen LogP contribution in [0.4, 0.5) is 4.39 Å². The molecule has 5 heteroatoms. The molecule has 0 aromatic heterocycles. The standard InChI is InChI=1S/C14H20FNO3/c1-16(7-12(17)9-18-2)8-13-6-10-5-11(15)3-4-14(10)19-13/h3-5,12-13,17H,6-9H2,1-2H3. The van der Waals surface area contributed by atoms with Crippen LogP contribution in [0.3, 0.4) is 0 Å². The van der Waals surface area contributed by atoms with E-state index in [1.807, 2.05) is 11.9 Å². The summed E-state index contributed by atoms with van der Waals surface area (Å²) in [5, 5.41) is 9.65. The summed E-state index contributed by atoms with van der Waals surface area (Å²) < 4.78 is 23.7. The first-order chi connectivity index (χ1) is 9.08. The monoisotopic (exact) mass is 269 g/mol. The average molecular weight is 269 g/mol. The summed E-state index contributed by atoms with van der Waals surface area (Å²) in [6.45, 7) is 1.54. The number of likely N-dealkylation sites (N-methyl/N-ethyl adjacent to an activating group) is 1. The van der Waals surface area contributed by atoms with Gasteiger partial charge in [0.1, 0.15) is 17.7 Å². The van der Waals surface area contributed by atoms with E-state index in [1.54, 1.807) is 13.2 Å². The molecule has 0 saturated heterocycles. The van der Waals surface area contributed by atoms with E-state index in [0.717, 1.165) is 11.3 Å². The third-order valence-corrected chi connectivity index (χ3v) is 3.16. The maximum Gasteiger partial charge on any atom is 0.123 e. The lowest BCUT2D eigenvalue weighted by atomic mass is 10.1. The molecule has 19 heavy (non-hydrogen) atoms. The van der Waals surface area contributed by atoms with E-state index in [2.05, 4.69) is 0 Å². The Hall–Kier alpha value is -1.17. The molecule has 0 aliphatic carbocycles. The van der Waals surface area contributed by atoms with E-state index >= 15 is 0 Å². The van der Waals surface area contributed by atoms with Gasteiger partial charge in [-0.1, -0.05) is 0 Å². The molecule has 0 fully saturated rings. The van der Waals surface area contributed by atoms with Crippen molar-refractivity contribution in [1.29, 1.82) is 0 Å². The second-order valence-corrected chi connectivity index (χ2v) is 5.03. The maximum atomic E-state index is 13.1. The zero-order valence-electron chi connectivity index (χ0n) is 11.3. The van der Waals surface area contributed by atoms with Gasteiger partial charge < -0.3 is 19.5 Å². The van der Waals surface area contributed by atoms with Crippen LogP contribution in [-0.4, -0.2) is 56.1 Å². The second-order valence-electron chi connectivity index (χ2n) is 5.03. The number of nitrogens with zero attached hydrogens (tertiary/aromatic N) is 1. The molecule has 2 atom stereocenters. The van der Waals surface area contributed by atoms with Gasteiger partial charge in [0.15, 0.2) is 0 Å². The first-order valence-corrected chi connectivity index (χ1v) is 6.39. The fraction of sp³-hybridized carbons (Fsp3) is 0.571. The van der Waals surface area contributed by atoms with Crippen molar-refractivity contribution in [1.82, 2.24) is 4.90 Å². The molecule has 0 spiro atoms. The number of ether oxygens (including phenoxy) is 2. The molecule has 1 aliphatic heterocycles. The lowest BCUT2D eigenvalue weighted by Gasteiger charge is -2.23. The minimum absolute atomic E-state index is 0.0107. The van der Waals surface area contributed by atoms with E-state index < -0.39 is 6.10 Å². The molecule has 2 unspecified atom stereocenters. The third kappa shape index (κ3) is 3.89. The van der Waals surface area contributed by atoms with Crippen LogP contribution in [0.1, 0.15) is 5.56 Å². The van der Waals surface area contributed by atoms with Gasteiger partial charge in [0.2, 0.25) is 0 Å². The number of aliphatic hydroxyl groups excluding tert-OH is 1. The number of hydrogen-bond acceptors (Lipinski definition) is 4. The fourth-order valence-electron chi connectivity index (χ4n) is 2.42. The molecule has 0 bridgehead atoms. The summed E-state index contributed by atoms with van der Waals surface area (Å²) in [4.78, 5) is 2.00. The largest absolute Gasteiger partial charge is 0.488 e. The zero-order chi connectivity index (χ0) is 13.8. The summed E-state index contributed by atoms with van der Waals surface area (Å²) in [5.41, 5.74) is 0.913. The highest BCUT2D eigenvalue weighted by Crippen LogP contribution is 2.29. The Bertz CT molecular complexity index is 427. The van der Waals surface area contributed by atoms with Crippen LogP contribution < -0.4 is 4.74 Å². The highest BCUT2D eigenvalue weighted by Gasteiger charge is 2.24. The Kier molecular flexibility index (Phi) is 4.74. The van der Waals surface area contributed by atoms with Gasteiger partial charge >= 0.3 is 0 Å². The maximum absolute atomic E-state index is 13.1. The molecule has 1 heterocycles. The van der Waals surface area contributed by atoms with Gasteiger partial charge in [-0.2, -0.15) is 0 Å². The van der Waals surface area contributed by atoms with Crippen molar-refractivity contribution in [3.05, 3.63) is 29.6 Å². The van der Waals surface area contributed by atoms with Crippen LogP contribution in [0, 0.1) is 5.82 Å². The minimum Gasteiger partial charge on any atom is -0.488 e. The van der Waals surface area contributed by atoms with Crippen molar-refractivity contribution < 1.29 is 19.0 Å². The lowest BCUT2D eigenvalue weighted by Crippen LogP contribution is -2.38. The topological polar surface area (TPSA) is 41.9 Å². The predicted octanol–water partition coefficient (Wildman–Crippen LogP) is 1.07. The van der Waals surface area contributed by atoms with E-state index in [1.165, 1.54) is 12.1 Å². The normalized spacial score (nSPS) is 19.3. The molecule has 1 aliphatic rings. The van der Waals surface area contributed by atoms with Crippen LogP contribution in [0.15, 0.2) is 18.2 Å². The highest BCUT2D eigenvalue weighted by molar-refractivity contribution is 5.37. The Balaban J connectivity index is 1.83. The van der Waals surface area contributed by atoms with Gasteiger partial charge in [-0.05, 0) is 25.2 Å². The summed E-state index contributed by atoms with van der Waals surface area (Å²) >= 11 is 0. The summed E-state index contributed by atoms with van der Waals surface area (Å²) in [5.74, 6) is 0.532. The first kappa shape index (κ1) is 14.2. The number of hydrogen-bond donors (Lipinski definition) is 1. The lowest BCUT2D eigenvalue weighted by molar-refractivity contribution is 0.0363. The Labute approximate surface area is 112 Å². The molecule has 1 aromatic rings. The predicted molar refractivity (Wildman–Crippen MR) is 69.9 cm³/mol. The van der Waals surface area contributed by atoms with Gasteiger partial charge in [0.05, 0.1) is 12.7 Å². The van der Waals surface area contributed by atoms with Gasteiger partial charge in [0, 0.05) is 32.2 Å². The Morgan fingerprint density at radius 2 is 2.37 bits per heavy atom. The highest BCUT2D eigenvalue weighted by atomic mass is 19.1. The number of rotatable bonds is 6. The molecular weight excluding hydrogens is 249 g/mol. The number of fused-ring (bicyclic) bond motifs is 1. The molecule has 1 N–H and O–H groups in total. The van der Waals surface area contributed by atoms with Crippen molar-refractivity contribution >= 4 is 0 Å². The Morgan fingerprint density at radius 3 is 3.11 bits per heavy atom. The zero-order valence-corrected chi connectivity index (χ0v) is 11.3. The van der Waals surface area contributed by atoms with Crippen LogP contribution >= 0.6 is 0 Å². The van der Waals surface area contributed by atoms with Crippen molar-refractivity contribution in [3.63, 3.8) is 0 Å². The van der Waals surface area contributed by atoms with Crippen molar-refractivity contribution in [2.45, 2.75) is 18.6 Å². The average Bonchev–Trinajstić information content (AvgIpc) is 2.70. The van der Waals surface area contributed by atoms with E-state index in [-0.39, 0.29) is 11.9 Å². The number of benzene rings is 1. The van der Waals surface area contributed by atoms with Gasteiger partial charge in [-0.15, -0.1) is 0 Å². The van der Waals surface area contributed by atoms with Crippen molar-refractivity contribution in [2.75, 3.05) is 33.9 Å². The first-order valence-electron chi connectivity index (χ1n) is 6.39. The number of methoxy groups -OCH3 is 1. The second kappa shape index (κ2) is 6.32. The number of halogens is 1. The molecule has 106 valence electrons. The van der Waals surface area contributed by atoms with E-state index in [4.69, 9.17) is 9.47 Å². The smallest absolute Gasteiger partial charge is 0.123 e. The van der Waals surface area contributed by atoms with Gasteiger partial charge in [0.25, 0.3) is 0 Å².